The minimum Gasteiger partial charge on any atom is -0.375 e. The number of hydrogen-bond acceptors (Lipinski definition) is 6. The maximum Gasteiger partial charge on any atom is 0.240 e. The molecule has 0 saturated carbocycles. The molecule has 5 nitrogen and oxygen atoms in total. The second-order valence-electron chi connectivity index (χ2n) is 3.15. The molecule has 1 aliphatic rings. The first-order valence-corrected chi connectivity index (χ1v) is 5.99. The number of carbonyl (C=O) groups is 2. The van der Waals surface area contributed by atoms with E-state index in [-0.39, 0.29) is 23.5 Å². The highest BCUT2D eigenvalue weighted by molar-refractivity contribution is 8.02. The Balaban J connectivity index is 2.12. The van der Waals surface area contributed by atoms with Crippen molar-refractivity contribution in [2.75, 3.05) is 5.73 Å². The van der Waals surface area contributed by atoms with Gasteiger partial charge in [-0.3, -0.25) is 14.9 Å². The average molecular weight is 243 g/mol. The molecule has 15 heavy (non-hydrogen) atoms. The topological polar surface area (TPSA) is 85.1 Å². The summed E-state index contributed by atoms with van der Waals surface area (Å²) in [7, 11) is 0. The monoisotopic (exact) mass is 243 g/mol. The first-order chi connectivity index (χ1) is 7.06. The molecule has 3 N–H and O–H groups in total. The maximum absolute atomic E-state index is 11.3. The van der Waals surface area contributed by atoms with Crippen molar-refractivity contribution in [2.45, 2.75) is 22.8 Å². The Bertz CT molecular complexity index is 430. The van der Waals surface area contributed by atoms with E-state index in [1.54, 1.807) is 0 Å². The molecular formula is C8H9N3O2S2. The predicted octanol–water partition coefficient (Wildman–Crippen LogP) is 0.541. The molecule has 2 heterocycles. The largest absolute Gasteiger partial charge is 0.375 e. The maximum atomic E-state index is 11.3. The molecule has 0 radical (unpaired) electrons. The molecule has 1 unspecified atom stereocenters. The SMILES string of the molecule is Cc1nc(N)sc1SC1CC(=O)NC1=O. The van der Waals surface area contributed by atoms with Crippen LogP contribution < -0.4 is 11.1 Å². The van der Waals surface area contributed by atoms with E-state index < -0.39 is 0 Å². The molecule has 80 valence electrons. The quantitative estimate of drug-likeness (QED) is 0.741. The minimum absolute atomic E-state index is 0.215. The summed E-state index contributed by atoms with van der Waals surface area (Å²) < 4.78 is 0.905. The number of thiazole rings is 1. The number of nitrogens with two attached hydrogens (primary N) is 1. The lowest BCUT2D eigenvalue weighted by atomic mass is 10.4. The highest BCUT2D eigenvalue weighted by atomic mass is 32.2. The van der Waals surface area contributed by atoms with Crippen LogP contribution in [0, 0.1) is 6.92 Å². The molecule has 7 heteroatoms. The van der Waals surface area contributed by atoms with Crippen LogP contribution in [0.4, 0.5) is 5.13 Å². The zero-order valence-electron chi connectivity index (χ0n) is 7.94. The second-order valence-corrected chi connectivity index (χ2v) is 5.65. The van der Waals surface area contributed by atoms with Crippen LogP contribution in [0.1, 0.15) is 12.1 Å². The van der Waals surface area contributed by atoms with Crippen molar-refractivity contribution in [1.82, 2.24) is 10.3 Å². The molecule has 2 amide bonds. The van der Waals surface area contributed by atoms with Gasteiger partial charge in [-0.25, -0.2) is 4.98 Å². The minimum atomic E-state index is -0.337. The number of aryl methyl sites for hydroxylation is 1. The third-order valence-electron chi connectivity index (χ3n) is 1.95. The molecule has 0 aliphatic carbocycles. The molecule has 1 saturated heterocycles. The first-order valence-electron chi connectivity index (χ1n) is 4.29. The van der Waals surface area contributed by atoms with Gasteiger partial charge in [-0.15, -0.1) is 0 Å². The van der Waals surface area contributed by atoms with Crippen molar-refractivity contribution in [1.29, 1.82) is 0 Å². The van der Waals surface area contributed by atoms with Crippen molar-refractivity contribution < 1.29 is 9.59 Å². The van der Waals surface area contributed by atoms with Gasteiger partial charge in [-0.05, 0) is 6.92 Å². The lowest BCUT2D eigenvalue weighted by molar-refractivity contribution is -0.124. The Kier molecular flexibility index (Phi) is 2.66. The fourth-order valence-corrected chi connectivity index (χ4v) is 3.50. The summed E-state index contributed by atoms with van der Waals surface area (Å²) in [5, 5.41) is 2.42. The second kappa shape index (κ2) is 3.82. The van der Waals surface area contributed by atoms with Gasteiger partial charge in [-0.2, -0.15) is 0 Å². The number of aromatic nitrogens is 1. The first kappa shape index (κ1) is 10.4. The van der Waals surface area contributed by atoms with Gasteiger partial charge in [0.1, 0.15) is 0 Å². The number of imide groups is 1. The number of thioether (sulfide) groups is 1. The van der Waals surface area contributed by atoms with E-state index in [1.165, 1.54) is 23.1 Å². The Hall–Kier alpha value is -1.08. The van der Waals surface area contributed by atoms with Gasteiger partial charge in [0.05, 0.1) is 15.2 Å². The molecule has 1 fully saturated rings. The van der Waals surface area contributed by atoms with Gasteiger partial charge < -0.3 is 5.73 Å². The van der Waals surface area contributed by atoms with Gasteiger partial charge in [0.25, 0.3) is 0 Å². The molecule has 1 atom stereocenters. The van der Waals surface area contributed by atoms with Crippen LogP contribution in [-0.4, -0.2) is 22.0 Å². The van der Waals surface area contributed by atoms with Crippen LogP contribution in [0.5, 0.6) is 0 Å². The molecule has 0 spiro atoms. The Morgan fingerprint density at radius 1 is 1.60 bits per heavy atom. The standard InChI is InChI=1S/C8H9N3O2S2/c1-3-7(15-8(9)10-3)14-4-2-5(12)11-6(4)13/h4H,2H2,1H3,(H2,9,10)(H,11,12,13). The predicted molar refractivity (Wildman–Crippen MR) is 58.7 cm³/mol. The molecule has 0 bridgehead atoms. The van der Waals surface area contributed by atoms with E-state index in [0.717, 1.165) is 9.90 Å². The normalized spacial score (nSPS) is 20.7. The van der Waals surface area contributed by atoms with Gasteiger partial charge in [0.15, 0.2) is 5.13 Å². The number of hydrogen-bond donors (Lipinski definition) is 2. The molecular weight excluding hydrogens is 234 g/mol. The number of rotatable bonds is 2. The van der Waals surface area contributed by atoms with E-state index >= 15 is 0 Å². The number of amides is 2. The van der Waals surface area contributed by atoms with Crippen molar-refractivity contribution in [3.8, 4) is 0 Å². The third-order valence-corrected chi connectivity index (χ3v) is 4.44. The summed E-state index contributed by atoms with van der Waals surface area (Å²) in [4.78, 5) is 26.3. The fraction of sp³-hybridized carbons (Fsp3) is 0.375. The Morgan fingerprint density at radius 2 is 2.33 bits per heavy atom. The zero-order valence-corrected chi connectivity index (χ0v) is 9.58. The fourth-order valence-electron chi connectivity index (χ4n) is 1.27. The lowest BCUT2D eigenvalue weighted by Gasteiger charge is -2.02. The lowest BCUT2D eigenvalue weighted by Crippen LogP contribution is -2.22. The van der Waals surface area contributed by atoms with Crippen molar-refractivity contribution in [3.05, 3.63) is 5.69 Å². The Morgan fingerprint density at radius 3 is 2.80 bits per heavy atom. The summed E-state index contributed by atoms with van der Waals surface area (Å²) in [6.45, 7) is 1.84. The number of nitrogen functional groups attached to an aromatic ring is 1. The average Bonchev–Trinajstić information content (AvgIpc) is 2.58. The van der Waals surface area contributed by atoms with E-state index in [4.69, 9.17) is 5.73 Å². The smallest absolute Gasteiger partial charge is 0.240 e. The van der Waals surface area contributed by atoms with Crippen LogP contribution in [0.2, 0.25) is 0 Å². The van der Waals surface area contributed by atoms with Gasteiger partial charge in [0.2, 0.25) is 11.8 Å². The highest BCUT2D eigenvalue weighted by Crippen LogP contribution is 2.35. The molecule has 1 aromatic heterocycles. The van der Waals surface area contributed by atoms with Crippen LogP contribution >= 0.6 is 23.1 Å². The van der Waals surface area contributed by atoms with Gasteiger partial charge >= 0.3 is 0 Å². The van der Waals surface area contributed by atoms with Crippen LogP contribution in [-0.2, 0) is 9.59 Å². The molecule has 2 rings (SSSR count). The molecule has 1 aliphatic heterocycles. The number of nitrogens with one attached hydrogen (secondary N) is 1. The number of nitrogens with zero attached hydrogens (tertiary/aromatic N) is 1. The molecule has 1 aromatic rings. The van der Waals surface area contributed by atoms with Gasteiger partial charge in [0, 0.05) is 6.42 Å². The number of anilines is 1. The van der Waals surface area contributed by atoms with Crippen molar-refractivity contribution >= 4 is 40.0 Å². The van der Waals surface area contributed by atoms with E-state index in [1.807, 2.05) is 6.92 Å². The van der Waals surface area contributed by atoms with E-state index in [2.05, 4.69) is 10.3 Å². The van der Waals surface area contributed by atoms with Crippen LogP contribution in [0.25, 0.3) is 0 Å². The van der Waals surface area contributed by atoms with Crippen LogP contribution in [0.3, 0.4) is 0 Å². The van der Waals surface area contributed by atoms with Crippen molar-refractivity contribution in [2.24, 2.45) is 0 Å². The summed E-state index contributed by atoms with van der Waals surface area (Å²) in [6, 6.07) is 0. The van der Waals surface area contributed by atoms with E-state index in [0.29, 0.717) is 5.13 Å². The number of carbonyl (C=O) groups excluding carboxylic acids is 2. The zero-order chi connectivity index (χ0) is 11.0. The third kappa shape index (κ3) is 2.13. The Labute approximate surface area is 94.4 Å². The van der Waals surface area contributed by atoms with E-state index in [9.17, 15) is 9.59 Å². The summed E-state index contributed by atoms with van der Waals surface area (Å²) in [6.07, 6.45) is 0.237. The van der Waals surface area contributed by atoms with Crippen LogP contribution in [0.15, 0.2) is 4.21 Å². The van der Waals surface area contributed by atoms with Crippen molar-refractivity contribution in [3.63, 3.8) is 0 Å². The summed E-state index contributed by atoms with van der Waals surface area (Å²) in [5.41, 5.74) is 6.36. The molecule has 0 aromatic carbocycles. The summed E-state index contributed by atoms with van der Waals surface area (Å²) in [5.74, 6) is -0.441. The highest BCUT2D eigenvalue weighted by Gasteiger charge is 2.32. The van der Waals surface area contributed by atoms with Gasteiger partial charge in [-0.1, -0.05) is 23.1 Å². The summed E-state index contributed by atoms with van der Waals surface area (Å²) >= 11 is 2.70.